The number of nitrogens with two attached hydrogens (primary N) is 1. The molecule has 0 aliphatic heterocycles. The van der Waals surface area contributed by atoms with E-state index < -0.39 is 18.3 Å². The molecule has 0 fully saturated rings. The minimum absolute atomic E-state index is 0.190. The summed E-state index contributed by atoms with van der Waals surface area (Å²) in [7, 11) is 0. The van der Waals surface area contributed by atoms with Gasteiger partial charge in [-0.2, -0.15) is 5.10 Å². The van der Waals surface area contributed by atoms with Crippen molar-refractivity contribution in [3.63, 3.8) is 0 Å². The minimum Gasteiger partial charge on any atom is -0.406 e. The van der Waals surface area contributed by atoms with E-state index in [1.54, 1.807) is 18.3 Å². The topological polar surface area (TPSA) is 102 Å². The molecule has 0 unspecified atom stereocenters. The van der Waals surface area contributed by atoms with Crippen LogP contribution in [0, 0.1) is 0 Å². The van der Waals surface area contributed by atoms with E-state index in [1.165, 1.54) is 27.7 Å². The Labute approximate surface area is 175 Å². The quantitative estimate of drug-likeness (QED) is 0.615. The van der Waals surface area contributed by atoms with E-state index in [2.05, 4.69) is 15.2 Å². The van der Waals surface area contributed by atoms with Gasteiger partial charge >= 0.3 is 12.4 Å². The predicted octanol–water partition coefficient (Wildman–Crippen LogP) is 3.77. The van der Waals surface area contributed by atoms with Crippen molar-refractivity contribution in [2.24, 2.45) is 5.73 Å². The van der Waals surface area contributed by atoms with E-state index in [-0.39, 0.29) is 23.9 Å². The number of alkyl halides is 3. The number of carbonyl (C=O) groups excluding carboxylic acids is 2. The summed E-state index contributed by atoms with van der Waals surface area (Å²) in [4.78, 5) is 25.9. The Balaban J connectivity index is 1.74. The van der Waals surface area contributed by atoms with E-state index in [4.69, 9.17) is 5.73 Å². The molecule has 164 valence electrons. The molecule has 0 atom stereocenters. The molecule has 3 aromatic rings. The molecule has 1 aromatic carbocycles. The van der Waals surface area contributed by atoms with Crippen LogP contribution in [0.25, 0.3) is 5.52 Å². The van der Waals surface area contributed by atoms with Gasteiger partial charge in [-0.3, -0.25) is 4.79 Å². The van der Waals surface area contributed by atoms with Crippen LogP contribution in [0.5, 0.6) is 5.75 Å². The first-order valence-corrected chi connectivity index (χ1v) is 9.23. The van der Waals surface area contributed by atoms with Gasteiger partial charge in [0.2, 0.25) is 0 Å². The maximum Gasteiger partial charge on any atom is 0.573 e. The van der Waals surface area contributed by atoms with Gasteiger partial charge in [0, 0.05) is 24.5 Å². The maximum atomic E-state index is 12.8. The number of carbonyl (C=O) groups is 2. The summed E-state index contributed by atoms with van der Waals surface area (Å²) in [6.07, 6.45) is -1.75. The zero-order chi connectivity index (χ0) is 22.8. The van der Waals surface area contributed by atoms with Crippen molar-refractivity contribution in [3.8, 4) is 5.75 Å². The van der Waals surface area contributed by atoms with Gasteiger partial charge in [-0.25, -0.2) is 9.31 Å². The molecule has 2 aromatic heterocycles. The lowest BCUT2D eigenvalue weighted by atomic mass is 10.1. The van der Waals surface area contributed by atoms with Gasteiger partial charge in [0.1, 0.15) is 5.75 Å². The third kappa shape index (κ3) is 5.44. The number of urea groups is 1. The van der Waals surface area contributed by atoms with Crippen LogP contribution in [0.15, 0.2) is 48.8 Å². The molecule has 31 heavy (non-hydrogen) atoms. The molecule has 0 bridgehead atoms. The molecule has 11 heteroatoms. The Morgan fingerprint density at radius 2 is 1.90 bits per heavy atom. The van der Waals surface area contributed by atoms with E-state index in [0.29, 0.717) is 11.2 Å². The van der Waals surface area contributed by atoms with Crippen LogP contribution in [0.3, 0.4) is 0 Å². The number of halogens is 3. The number of aromatic nitrogens is 2. The van der Waals surface area contributed by atoms with Crippen LogP contribution in [0.1, 0.15) is 29.8 Å². The van der Waals surface area contributed by atoms with Crippen LogP contribution in [-0.2, 0) is 6.54 Å². The highest BCUT2D eigenvalue weighted by atomic mass is 19.4. The number of rotatable bonds is 6. The molecule has 0 radical (unpaired) electrons. The van der Waals surface area contributed by atoms with E-state index >= 15 is 0 Å². The molecule has 3 rings (SSSR count). The monoisotopic (exact) mass is 435 g/mol. The van der Waals surface area contributed by atoms with Crippen LogP contribution >= 0.6 is 0 Å². The molecular weight excluding hydrogens is 415 g/mol. The van der Waals surface area contributed by atoms with Crippen LogP contribution < -0.4 is 15.8 Å². The van der Waals surface area contributed by atoms with E-state index in [0.717, 1.165) is 17.7 Å². The number of nitrogens with one attached hydrogen (secondary N) is 1. The minimum atomic E-state index is -4.79. The molecule has 0 aliphatic rings. The summed E-state index contributed by atoms with van der Waals surface area (Å²) in [5, 5.41) is 6.71. The van der Waals surface area contributed by atoms with Gasteiger partial charge in [0.25, 0.3) is 5.91 Å². The summed E-state index contributed by atoms with van der Waals surface area (Å²) >= 11 is 0. The van der Waals surface area contributed by atoms with Crippen molar-refractivity contribution in [3.05, 3.63) is 59.9 Å². The Morgan fingerprint density at radius 1 is 1.23 bits per heavy atom. The number of amides is 3. The summed E-state index contributed by atoms with van der Waals surface area (Å²) < 4.78 is 42.1. The molecule has 0 saturated heterocycles. The summed E-state index contributed by atoms with van der Waals surface area (Å²) in [6, 6.07) is 7.70. The SMILES string of the molecule is CC(C)N(Cc1ccn2ncc(C(N)=O)c2c1)C(=O)Nc1ccc(OC(F)(F)F)cc1. The lowest BCUT2D eigenvalue weighted by molar-refractivity contribution is -0.274. The first-order valence-electron chi connectivity index (χ1n) is 9.23. The van der Waals surface area contributed by atoms with Crippen molar-refractivity contribution in [2.75, 3.05) is 5.32 Å². The van der Waals surface area contributed by atoms with E-state index in [9.17, 15) is 22.8 Å². The Kier molecular flexibility index (Phi) is 6.04. The second-order valence-corrected chi connectivity index (χ2v) is 7.01. The Hall–Kier alpha value is -3.76. The largest absolute Gasteiger partial charge is 0.573 e. The third-order valence-electron chi connectivity index (χ3n) is 4.43. The van der Waals surface area contributed by atoms with Crippen molar-refractivity contribution < 1.29 is 27.5 Å². The van der Waals surface area contributed by atoms with Gasteiger partial charge in [-0.1, -0.05) is 0 Å². The molecule has 2 heterocycles. The lowest BCUT2D eigenvalue weighted by Crippen LogP contribution is -2.39. The number of pyridine rings is 1. The Morgan fingerprint density at radius 3 is 2.48 bits per heavy atom. The average Bonchev–Trinajstić information content (AvgIpc) is 3.09. The fourth-order valence-electron chi connectivity index (χ4n) is 2.93. The van der Waals surface area contributed by atoms with E-state index in [1.807, 2.05) is 13.8 Å². The van der Waals surface area contributed by atoms with Crippen molar-refractivity contribution in [1.29, 1.82) is 0 Å². The van der Waals surface area contributed by atoms with Gasteiger partial charge in [0.05, 0.1) is 17.3 Å². The zero-order valence-corrected chi connectivity index (χ0v) is 16.7. The van der Waals surface area contributed by atoms with Crippen molar-refractivity contribution in [2.45, 2.75) is 32.8 Å². The average molecular weight is 435 g/mol. The van der Waals surface area contributed by atoms with Crippen molar-refractivity contribution >= 4 is 23.1 Å². The molecular formula is C20H20F3N5O3. The van der Waals surface area contributed by atoms with Gasteiger partial charge in [-0.05, 0) is 55.8 Å². The first-order chi connectivity index (χ1) is 14.5. The van der Waals surface area contributed by atoms with Gasteiger partial charge in [0.15, 0.2) is 0 Å². The highest BCUT2D eigenvalue weighted by Crippen LogP contribution is 2.24. The molecule has 0 aliphatic carbocycles. The zero-order valence-electron chi connectivity index (χ0n) is 16.7. The lowest BCUT2D eigenvalue weighted by Gasteiger charge is -2.27. The van der Waals surface area contributed by atoms with Crippen LogP contribution in [0.2, 0.25) is 0 Å². The molecule has 3 N–H and O–H groups in total. The summed E-state index contributed by atoms with van der Waals surface area (Å²) in [5.74, 6) is -0.992. The number of primary amides is 1. The highest BCUT2D eigenvalue weighted by Gasteiger charge is 2.31. The smallest absolute Gasteiger partial charge is 0.406 e. The number of ether oxygens (including phenoxy) is 1. The molecule has 8 nitrogen and oxygen atoms in total. The fraction of sp³-hybridized carbons (Fsp3) is 0.250. The van der Waals surface area contributed by atoms with Gasteiger partial charge in [-0.15, -0.1) is 13.2 Å². The molecule has 3 amide bonds. The first kappa shape index (κ1) is 21.9. The second-order valence-electron chi connectivity index (χ2n) is 7.01. The number of anilines is 1. The molecule has 0 saturated carbocycles. The standard InChI is InChI=1S/C20H20F3N5O3/c1-12(2)27(11-13-7-8-28-17(9-13)16(10-25-28)18(24)29)19(30)26-14-3-5-15(6-4-14)31-20(21,22)23/h3-10,12H,11H2,1-2H3,(H2,24,29)(H,26,30). The molecule has 0 spiro atoms. The number of hydrogen-bond acceptors (Lipinski definition) is 4. The fourth-order valence-corrected chi connectivity index (χ4v) is 2.93. The van der Waals surface area contributed by atoms with Crippen LogP contribution in [0.4, 0.5) is 23.7 Å². The highest BCUT2D eigenvalue weighted by molar-refractivity contribution is 5.99. The number of hydrogen-bond donors (Lipinski definition) is 2. The second kappa shape index (κ2) is 8.54. The Bertz CT molecular complexity index is 1090. The van der Waals surface area contributed by atoms with Gasteiger partial charge < -0.3 is 20.7 Å². The normalized spacial score (nSPS) is 11.5. The number of fused-ring (bicyclic) bond motifs is 1. The number of nitrogens with zero attached hydrogens (tertiary/aromatic N) is 3. The maximum absolute atomic E-state index is 12.8. The third-order valence-corrected chi connectivity index (χ3v) is 4.43. The summed E-state index contributed by atoms with van der Waals surface area (Å²) in [6.45, 7) is 3.87. The summed E-state index contributed by atoms with van der Waals surface area (Å²) in [5.41, 5.74) is 7.21. The van der Waals surface area contributed by atoms with Crippen LogP contribution in [-0.4, -0.2) is 38.9 Å². The number of benzene rings is 1. The predicted molar refractivity (Wildman–Crippen MR) is 107 cm³/mol. The van der Waals surface area contributed by atoms with Crippen molar-refractivity contribution in [1.82, 2.24) is 14.5 Å².